The number of nitrogens with zero attached hydrogens (tertiary/aromatic N) is 1. The summed E-state index contributed by atoms with van der Waals surface area (Å²) in [6.07, 6.45) is 1.11. The van der Waals surface area contributed by atoms with Crippen LogP contribution in [0, 0.1) is 0 Å². The quantitative estimate of drug-likeness (QED) is 0.786. The molecule has 0 aromatic heterocycles. The predicted molar refractivity (Wildman–Crippen MR) is 104 cm³/mol. The number of hydrogen-bond acceptors (Lipinski definition) is 5. The maximum absolute atomic E-state index is 12.6. The summed E-state index contributed by atoms with van der Waals surface area (Å²) in [6.45, 7) is 3.44. The van der Waals surface area contributed by atoms with Crippen LogP contribution >= 0.6 is 0 Å². The summed E-state index contributed by atoms with van der Waals surface area (Å²) in [5.74, 6) is -0.345. The molecule has 0 spiro atoms. The summed E-state index contributed by atoms with van der Waals surface area (Å²) in [5.41, 5.74) is 0.832. The molecule has 1 N–H and O–H groups in total. The van der Waals surface area contributed by atoms with Gasteiger partial charge in [-0.25, -0.2) is 21.6 Å². The second-order valence-electron chi connectivity index (χ2n) is 6.43. The van der Waals surface area contributed by atoms with Crippen LogP contribution in [0.3, 0.4) is 0 Å². The van der Waals surface area contributed by atoms with Crippen molar-refractivity contribution in [1.82, 2.24) is 4.72 Å². The molecule has 146 valence electrons. The van der Waals surface area contributed by atoms with Crippen LogP contribution in [0.5, 0.6) is 0 Å². The minimum atomic E-state index is -3.62. The Kier molecular flexibility index (Phi) is 6.08. The van der Waals surface area contributed by atoms with Gasteiger partial charge in [0.25, 0.3) is 5.91 Å². The highest BCUT2D eigenvalue weighted by atomic mass is 32.2. The van der Waals surface area contributed by atoms with Crippen molar-refractivity contribution in [2.45, 2.75) is 29.7 Å². The molecule has 27 heavy (non-hydrogen) atoms. The lowest BCUT2D eigenvalue weighted by atomic mass is 10.2. The number of anilines is 1. The van der Waals surface area contributed by atoms with Crippen molar-refractivity contribution in [2.75, 3.05) is 18.2 Å². The number of benzene rings is 2. The first-order valence-electron chi connectivity index (χ1n) is 8.12. The summed E-state index contributed by atoms with van der Waals surface area (Å²) < 4.78 is 49.8. The highest BCUT2D eigenvalue weighted by Crippen LogP contribution is 2.20. The van der Waals surface area contributed by atoms with E-state index < -0.39 is 19.9 Å². The lowest BCUT2D eigenvalue weighted by Crippen LogP contribution is -2.30. The fourth-order valence-electron chi connectivity index (χ4n) is 2.38. The Balaban J connectivity index is 2.22. The van der Waals surface area contributed by atoms with Gasteiger partial charge >= 0.3 is 0 Å². The number of sulfonamides is 1. The van der Waals surface area contributed by atoms with E-state index in [2.05, 4.69) is 4.72 Å². The first-order valence-corrected chi connectivity index (χ1v) is 11.5. The van der Waals surface area contributed by atoms with E-state index in [1.807, 2.05) is 0 Å². The number of nitrogens with one attached hydrogen (secondary N) is 1. The third-order valence-corrected chi connectivity index (χ3v) is 6.56. The third kappa shape index (κ3) is 5.15. The Morgan fingerprint density at radius 1 is 0.889 bits per heavy atom. The number of amides is 1. The van der Waals surface area contributed by atoms with Crippen molar-refractivity contribution in [2.24, 2.45) is 0 Å². The van der Waals surface area contributed by atoms with Crippen molar-refractivity contribution in [1.29, 1.82) is 0 Å². The molecule has 1 amide bonds. The monoisotopic (exact) mass is 410 g/mol. The van der Waals surface area contributed by atoms with Gasteiger partial charge < -0.3 is 4.90 Å². The summed E-state index contributed by atoms with van der Waals surface area (Å²) in [6, 6.07) is 11.3. The van der Waals surface area contributed by atoms with Gasteiger partial charge in [0.2, 0.25) is 10.0 Å². The SMILES string of the molecule is CC(C)NS(=O)(=O)c1ccc(C(=O)N(C)c2ccc(S(C)(=O)=O)cc2)cc1. The number of sulfone groups is 1. The molecular formula is C18H22N2O5S2. The summed E-state index contributed by atoms with van der Waals surface area (Å²) in [4.78, 5) is 14.2. The highest BCUT2D eigenvalue weighted by molar-refractivity contribution is 7.90. The maximum Gasteiger partial charge on any atom is 0.258 e. The average molecular weight is 411 g/mol. The molecule has 0 saturated carbocycles. The molecule has 9 heteroatoms. The maximum atomic E-state index is 12.6. The molecular weight excluding hydrogens is 388 g/mol. The van der Waals surface area contributed by atoms with Crippen LogP contribution < -0.4 is 9.62 Å². The minimum Gasteiger partial charge on any atom is -0.311 e. The number of rotatable bonds is 6. The van der Waals surface area contributed by atoms with E-state index in [1.54, 1.807) is 33.0 Å². The zero-order valence-electron chi connectivity index (χ0n) is 15.5. The first-order chi connectivity index (χ1) is 12.4. The summed E-state index contributed by atoms with van der Waals surface area (Å²) in [5, 5.41) is 0. The van der Waals surface area contributed by atoms with Crippen molar-refractivity contribution >= 4 is 31.5 Å². The molecule has 0 radical (unpaired) electrons. The molecule has 0 aliphatic rings. The van der Waals surface area contributed by atoms with Gasteiger partial charge in [-0.05, 0) is 62.4 Å². The van der Waals surface area contributed by atoms with Crippen LogP contribution in [0.1, 0.15) is 24.2 Å². The Labute approximate surface area is 160 Å². The van der Waals surface area contributed by atoms with Crippen molar-refractivity contribution in [3.8, 4) is 0 Å². The van der Waals surface area contributed by atoms with Gasteiger partial charge in [0.05, 0.1) is 9.79 Å². The van der Waals surface area contributed by atoms with Gasteiger partial charge in [-0.3, -0.25) is 4.79 Å². The molecule has 0 unspecified atom stereocenters. The van der Waals surface area contributed by atoms with Crippen LogP contribution in [0.4, 0.5) is 5.69 Å². The van der Waals surface area contributed by atoms with Gasteiger partial charge in [0, 0.05) is 30.6 Å². The van der Waals surface area contributed by atoms with E-state index in [0.29, 0.717) is 11.3 Å². The van der Waals surface area contributed by atoms with Gasteiger partial charge in [0.1, 0.15) is 0 Å². The van der Waals surface area contributed by atoms with Gasteiger partial charge in [0.15, 0.2) is 9.84 Å². The number of hydrogen-bond donors (Lipinski definition) is 1. The van der Waals surface area contributed by atoms with Crippen LogP contribution in [0.15, 0.2) is 58.3 Å². The summed E-state index contributed by atoms with van der Waals surface area (Å²) >= 11 is 0. The van der Waals surface area contributed by atoms with Gasteiger partial charge in [-0.15, -0.1) is 0 Å². The van der Waals surface area contributed by atoms with Gasteiger partial charge in [-0.2, -0.15) is 0 Å². The highest BCUT2D eigenvalue weighted by Gasteiger charge is 2.18. The molecule has 2 rings (SSSR count). The van der Waals surface area contributed by atoms with Gasteiger partial charge in [-0.1, -0.05) is 0 Å². The van der Waals surface area contributed by atoms with E-state index in [-0.39, 0.29) is 21.7 Å². The zero-order valence-corrected chi connectivity index (χ0v) is 17.1. The molecule has 7 nitrogen and oxygen atoms in total. The lowest BCUT2D eigenvalue weighted by Gasteiger charge is -2.18. The normalized spacial score (nSPS) is 12.2. The average Bonchev–Trinajstić information content (AvgIpc) is 2.59. The molecule has 2 aromatic rings. The Bertz CT molecular complexity index is 1030. The second kappa shape index (κ2) is 7.79. The minimum absolute atomic E-state index is 0.0768. The van der Waals surface area contributed by atoms with E-state index in [9.17, 15) is 21.6 Å². The smallest absolute Gasteiger partial charge is 0.258 e. The standard InChI is InChI=1S/C18H22N2O5S2/c1-13(2)19-27(24,25)17-9-5-14(6-10-17)18(21)20(3)15-7-11-16(12-8-15)26(4,22)23/h5-13,19H,1-4H3. The molecule has 0 aliphatic heterocycles. The van der Waals surface area contributed by atoms with E-state index >= 15 is 0 Å². The lowest BCUT2D eigenvalue weighted by molar-refractivity contribution is 0.0993. The van der Waals surface area contributed by atoms with Crippen LogP contribution in [0.2, 0.25) is 0 Å². The summed E-state index contributed by atoms with van der Waals surface area (Å²) in [7, 11) is -5.38. The largest absolute Gasteiger partial charge is 0.311 e. The van der Waals surface area contributed by atoms with Crippen LogP contribution in [-0.4, -0.2) is 42.1 Å². The van der Waals surface area contributed by atoms with Crippen molar-refractivity contribution < 1.29 is 21.6 Å². The fraction of sp³-hybridized carbons (Fsp3) is 0.278. The van der Waals surface area contributed by atoms with Crippen molar-refractivity contribution in [3.05, 3.63) is 54.1 Å². The van der Waals surface area contributed by atoms with E-state index in [4.69, 9.17) is 0 Å². The Morgan fingerprint density at radius 3 is 1.81 bits per heavy atom. The second-order valence-corrected chi connectivity index (χ2v) is 10.2. The van der Waals surface area contributed by atoms with Crippen LogP contribution in [0.25, 0.3) is 0 Å². The molecule has 0 bridgehead atoms. The third-order valence-electron chi connectivity index (χ3n) is 3.76. The number of carbonyl (C=O) groups excluding carboxylic acids is 1. The van der Waals surface area contributed by atoms with Crippen molar-refractivity contribution in [3.63, 3.8) is 0 Å². The Morgan fingerprint density at radius 2 is 1.37 bits per heavy atom. The van der Waals surface area contributed by atoms with Crippen LogP contribution in [-0.2, 0) is 19.9 Å². The number of carbonyl (C=O) groups is 1. The fourth-order valence-corrected chi connectivity index (χ4v) is 4.26. The molecule has 0 saturated heterocycles. The predicted octanol–water partition coefficient (Wildman–Crippen LogP) is 2.05. The van der Waals surface area contributed by atoms with E-state index in [0.717, 1.165) is 6.26 Å². The Hall–Kier alpha value is -2.23. The van der Waals surface area contributed by atoms with E-state index in [1.165, 1.54) is 41.3 Å². The molecule has 0 fully saturated rings. The molecule has 0 heterocycles. The molecule has 2 aromatic carbocycles. The molecule has 0 atom stereocenters. The topological polar surface area (TPSA) is 101 Å². The first kappa shape index (κ1) is 21.1. The zero-order chi connectivity index (χ0) is 20.4. The molecule has 0 aliphatic carbocycles.